The number of rotatable bonds is 6. The lowest BCUT2D eigenvalue weighted by Crippen LogP contribution is -2.33. The average Bonchev–Trinajstić information content (AvgIpc) is 2.52. The first-order valence-electron chi connectivity index (χ1n) is 7.09. The lowest BCUT2D eigenvalue weighted by molar-refractivity contribution is 0.410. The molecule has 2 aromatic rings. The predicted molar refractivity (Wildman–Crippen MR) is 90.9 cm³/mol. The van der Waals surface area contributed by atoms with Gasteiger partial charge >= 0.3 is 0 Å². The average molecular weight is 355 g/mol. The van der Waals surface area contributed by atoms with Crippen LogP contribution in [0.5, 0.6) is 0 Å². The van der Waals surface area contributed by atoms with Crippen molar-refractivity contribution in [1.82, 2.24) is 14.3 Å². The first kappa shape index (κ1) is 17.7. The van der Waals surface area contributed by atoms with Crippen molar-refractivity contribution >= 4 is 27.4 Å². The molecule has 0 bridgehead atoms. The zero-order valence-electron chi connectivity index (χ0n) is 13.2. The molecular formula is C15H19ClN4O2S. The minimum Gasteiger partial charge on any atom is -0.365 e. The summed E-state index contributed by atoms with van der Waals surface area (Å²) in [6, 6.07) is 6.66. The summed E-state index contributed by atoms with van der Waals surface area (Å²) >= 11 is 5.77. The highest BCUT2D eigenvalue weighted by Gasteiger charge is 2.22. The van der Waals surface area contributed by atoms with Crippen LogP contribution in [0.25, 0.3) is 0 Å². The van der Waals surface area contributed by atoms with Crippen LogP contribution < -0.4 is 5.32 Å². The van der Waals surface area contributed by atoms with E-state index in [1.54, 1.807) is 37.5 Å². The van der Waals surface area contributed by atoms with Gasteiger partial charge in [0.1, 0.15) is 11.0 Å². The first-order valence-corrected chi connectivity index (χ1v) is 8.91. The van der Waals surface area contributed by atoms with Crippen LogP contribution in [0.2, 0.25) is 5.15 Å². The Morgan fingerprint density at radius 3 is 2.43 bits per heavy atom. The molecule has 23 heavy (non-hydrogen) atoms. The fraction of sp³-hybridized carbons (Fsp3) is 0.333. The van der Waals surface area contributed by atoms with Gasteiger partial charge < -0.3 is 5.32 Å². The van der Waals surface area contributed by atoms with Gasteiger partial charge in [0.05, 0.1) is 17.3 Å². The zero-order chi connectivity index (χ0) is 17.0. The molecule has 0 fully saturated rings. The Hall–Kier alpha value is -1.70. The lowest BCUT2D eigenvalue weighted by Gasteiger charge is -2.21. The van der Waals surface area contributed by atoms with Crippen molar-refractivity contribution in [2.24, 2.45) is 0 Å². The number of aromatic nitrogens is 2. The molecule has 0 atom stereocenters. The van der Waals surface area contributed by atoms with Crippen molar-refractivity contribution in [2.45, 2.75) is 31.3 Å². The van der Waals surface area contributed by atoms with Crippen molar-refractivity contribution in [3.8, 4) is 0 Å². The van der Waals surface area contributed by atoms with E-state index in [0.717, 1.165) is 5.56 Å². The van der Waals surface area contributed by atoms with Gasteiger partial charge in [-0.1, -0.05) is 23.7 Å². The summed E-state index contributed by atoms with van der Waals surface area (Å²) in [6.07, 6.45) is 3.03. The minimum atomic E-state index is -3.45. The van der Waals surface area contributed by atoms with Crippen LogP contribution in [0.3, 0.4) is 0 Å². The maximum Gasteiger partial charge on any atom is 0.243 e. The van der Waals surface area contributed by atoms with Crippen LogP contribution in [-0.4, -0.2) is 35.8 Å². The van der Waals surface area contributed by atoms with Gasteiger partial charge in [0, 0.05) is 19.6 Å². The molecule has 8 heteroatoms. The predicted octanol–water partition coefficient (Wildman–Crippen LogP) is 2.77. The van der Waals surface area contributed by atoms with E-state index in [1.807, 2.05) is 13.8 Å². The number of hydrogen-bond donors (Lipinski definition) is 1. The largest absolute Gasteiger partial charge is 0.365 e. The van der Waals surface area contributed by atoms with Crippen molar-refractivity contribution in [1.29, 1.82) is 0 Å². The van der Waals surface area contributed by atoms with E-state index in [9.17, 15) is 8.42 Å². The second kappa shape index (κ2) is 7.25. The van der Waals surface area contributed by atoms with E-state index < -0.39 is 10.0 Å². The molecule has 1 aromatic heterocycles. The van der Waals surface area contributed by atoms with E-state index in [1.165, 1.54) is 10.5 Å². The summed E-state index contributed by atoms with van der Waals surface area (Å²) in [7, 11) is -1.88. The van der Waals surface area contributed by atoms with Crippen LogP contribution in [-0.2, 0) is 16.6 Å². The fourth-order valence-corrected chi connectivity index (χ4v) is 3.36. The topological polar surface area (TPSA) is 75.2 Å². The van der Waals surface area contributed by atoms with E-state index in [0.29, 0.717) is 17.5 Å². The van der Waals surface area contributed by atoms with Gasteiger partial charge in [-0.25, -0.2) is 13.4 Å². The number of halogens is 1. The summed E-state index contributed by atoms with van der Waals surface area (Å²) in [4.78, 5) is 8.29. The van der Waals surface area contributed by atoms with Crippen molar-refractivity contribution in [3.05, 3.63) is 47.4 Å². The van der Waals surface area contributed by atoms with Gasteiger partial charge in [0.25, 0.3) is 0 Å². The molecule has 0 radical (unpaired) electrons. The molecule has 1 N–H and O–H groups in total. The second-order valence-corrected chi connectivity index (χ2v) is 7.72. The number of sulfonamides is 1. The molecule has 1 heterocycles. The highest BCUT2D eigenvalue weighted by atomic mass is 35.5. The molecule has 0 unspecified atom stereocenters. The van der Waals surface area contributed by atoms with Gasteiger partial charge in [0.2, 0.25) is 10.0 Å². The van der Waals surface area contributed by atoms with Gasteiger partial charge in [-0.2, -0.15) is 4.31 Å². The Morgan fingerprint density at radius 2 is 1.87 bits per heavy atom. The van der Waals surface area contributed by atoms with Crippen LogP contribution in [0.4, 0.5) is 5.82 Å². The standard InChI is InChI=1S/C15H19ClN4O2S/c1-11(2)20(3)23(21,22)13-6-4-12(5-7-13)8-18-15-10-17-9-14(16)19-15/h4-7,9-11H,8H2,1-3H3,(H,18,19). The molecule has 124 valence electrons. The molecule has 0 saturated carbocycles. The molecule has 0 saturated heterocycles. The second-order valence-electron chi connectivity index (χ2n) is 5.34. The number of benzene rings is 1. The smallest absolute Gasteiger partial charge is 0.243 e. The van der Waals surface area contributed by atoms with Crippen LogP contribution >= 0.6 is 11.6 Å². The molecule has 0 aliphatic heterocycles. The van der Waals surface area contributed by atoms with Gasteiger partial charge in [-0.05, 0) is 31.5 Å². The number of anilines is 1. The summed E-state index contributed by atoms with van der Waals surface area (Å²) in [5.41, 5.74) is 0.929. The molecule has 0 amide bonds. The molecule has 2 rings (SSSR count). The van der Waals surface area contributed by atoms with E-state index in [2.05, 4.69) is 15.3 Å². The van der Waals surface area contributed by atoms with Crippen LogP contribution in [0.1, 0.15) is 19.4 Å². The monoisotopic (exact) mass is 354 g/mol. The summed E-state index contributed by atoms with van der Waals surface area (Å²) in [6.45, 7) is 4.17. The quantitative estimate of drug-likeness (QED) is 0.863. The summed E-state index contributed by atoms with van der Waals surface area (Å²) < 4.78 is 26.1. The zero-order valence-corrected chi connectivity index (χ0v) is 14.8. The number of hydrogen-bond acceptors (Lipinski definition) is 5. The van der Waals surface area contributed by atoms with Crippen LogP contribution in [0, 0.1) is 0 Å². The van der Waals surface area contributed by atoms with E-state index in [-0.39, 0.29) is 10.9 Å². The van der Waals surface area contributed by atoms with Crippen molar-refractivity contribution in [3.63, 3.8) is 0 Å². The van der Waals surface area contributed by atoms with Crippen LogP contribution in [0.15, 0.2) is 41.6 Å². The maximum absolute atomic E-state index is 12.4. The Kier molecular flexibility index (Phi) is 5.56. The molecule has 0 spiro atoms. The number of nitrogens with zero attached hydrogens (tertiary/aromatic N) is 3. The third-order valence-corrected chi connectivity index (χ3v) is 5.64. The third kappa shape index (κ3) is 4.40. The Labute approximate surface area is 141 Å². The molecule has 0 aliphatic rings. The van der Waals surface area contributed by atoms with Crippen molar-refractivity contribution in [2.75, 3.05) is 12.4 Å². The van der Waals surface area contributed by atoms with E-state index >= 15 is 0 Å². The minimum absolute atomic E-state index is 0.0947. The molecule has 6 nitrogen and oxygen atoms in total. The first-order chi connectivity index (χ1) is 10.8. The lowest BCUT2D eigenvalue weighted by atomic mass is 10.2. The molecule has 1 aromatic carbocycles. The summed E-state index contributed by atoms with van der Waals surface area (Å²) in [5, 5.41) is 3.40. The maximum atomic E-state index is 12.4. The Morgan fingerprint density at radius 1 is 1.22 bits per heavy atom. The van der Waals surface area contributed by atoms with Gasteiger partial charge in [-0.3, -0.25) is 4.98 Å². The summed E-state index contributed by atoms with van der Waals surface area (Å²) in [5.74, 6) is 0.564. The number of nitrogens with one attached hydrogen (secondary N) is 1. The van der Waals surface area contributed by atoms with Crippen molar-refractivity contribution < 1.29 is 8.42 Å². The highest BCUT2D eigenvalue weighted by Crippen LogP contribution is 2.17. The Bertz CT molecular complexity index is 763. The normalized spacial score (nSPS) is 11.9. The van der Waals surface area contributed by atoms with Gasteiger partial charge in [-0.15, -0.1) is 0 Å². The third-order valence-electron chi connectivity index (χ3n) is 3.41. The van der Waals surface area contributed by atoms with E-state index in [4.69, 9.17) is 11.6 Å². The fourth-order valence-electron chi connectivity index (χ4n) is 1.84. The van der Waals surface area contributed by atoms with Gasteiger partial charge in [0.15, 0.2) is 0 Å². The molecule has 0 aliphatic carbocycles. The SMILES string of the molecule is CC(C)N(C)S(=O)(=O)c1ccc(CNc2cncc(Cl)n2)cc1. The molecular weight excluding hydrogens is 336 g/mol. The highest BCUT2D eigenvalue weighted by molar-refractivity contribution is 7.89. The Balaban J connectivity index is 2.08.